The summed E-state index contributed by atoms with van der Waals surface area (Å²) in [6, 6.07) is 0. The highest BCUT2D eigenvalue weighted by Crippen LogP contribution is 2.03. The van der Waals surface area contributed by atoms with Gasteiger partial charge in [-0.3, -0.25) is 4.79 Å². The first-order valence-electron chi connectivity index (χ1n) is 3.70. The number of nitrogens with one attached hydrogen (secondary N) is 2. The predicted octanol–water partition coefficient (Wildman–Crippen LogP) is -0.627. The third kappa shape index (κ3) is 1.78. The minimum atomic E-state index is -0.404. The number of aromatic nitrogens is 2. The second kappa shape index (κ2) is 3.18. The number of amides is 1. The van der Waals surface area contributed by atoms with E-state index in [1.165, 1.54) is 12.5 Å². The topological polar surface area (TPSA) is 79.3 Å². The van der Waals surface area contributed by atoms with Crippen LogP contribution in [0.5, 0.6) is 0 Å². The summed E-state index contributed by atoms with van der Waals surface area (Å²) >= 11 is 0. The van der Waals surface area contributed by atoms with Gasteiger partial charge in [0.2, 0.25) is 0 Å². The zero-order valence-corrected chi connectivity index (χ0v) is 6.64. The molecule has 1 aliphatic heterocycles. The largest absolute Gasteiger partial charge is 0.344 e. The van der Waals surface area contributed by atoms with Crippen molar-refractivity contribution in [2.75, 3.05) is 5.32 Å². The molecule has 13 heavy (non-hydrogen) atoms. The third-order valence-corrected chi connectivity index (χ3v) is 1.48. The van der Waals surface area contributed by atoms with Gasteiger partial charge in [-0.25, -0.2) is 15.0 Å². The van der Waals surface area contributed by atoms with Crippen LogP contribution in [0.3, 0.4) is 0 Å². The van der Waals surface area contributed by atoms with Crippen LogP contribution in [0.15, 0.2) is 23.7 Å². The first-order chi connectivity index (χ1) is 6.34. The van der Waals surface area contributed by atoms with Crippen LogP contribution in [0.4, 0.5) is 5.69 Å². The molecular weight excluding hydrogens is 170 g/mol. The summed E-state index contributed by atoms with van der Waals surface area (Å²) in [5.74, 6) is -0.200. The molecule has 1 amide bonds. The van der Waals surface area contributed by atoms with Crippen molar-refractivity contribution in [2.24, 2.45) is 4.99 Å². The predicted molar refractivity (Wildman–Crippen MR) is 46.1 cm³/mol. The number of nitrogens with zero attached hydrogens (tertiary/aromatic N) is 3. The first-order valence-corrected chi connectivity index (χ1v) is 3.70. The summed E-state index contributed by atoms with van der Waals surface area (Å²) in [6.45, 7) is 0. The highest BCUT2D eigenvalue weighted by atomic mass is 16.2. The Balaban J connectivity index is 2.00. The Hall–Kier alpha value is -1.98. The fourth-order valence-electron chi connectivity index (χ4n) is 0.956. The number of carbonyl (C=O) groups is 1. The normalized spacial score (nSPS) is 20.0. The summed E-state index contributed by atoms with van der Waals surface area (Å²) in [7, 11) is 0. The number of carbonyl (C=O) groups excluding carboxylic acids is 1. The van der Waals surface area contributed by atoms with E-state index in [1.807, 2.05) is 0 Å². The molecule has 0 bridgehead atoms. The molecule has 2 heterocycles. The van der Waals surface area contributed by atoms with Crippen molar-refractivity contribution in [1.29, 1.82) is 0 Å². The maximum atomic E-state index is 10.7. The lowest BCUT2D eigenvalue weighted by Gasteiger charge is -2.10. The maximum absolute atomic E-state index is 10.7. The molecule has 6 nitrogen and oxygen atoms in total. The number of rotatable bonds is 2. The van der Waals surface area contributed by atoms with Crippen molar-refractivity contribution in [2.45, 2.75) is 6.29 Å². The molecule has 6 heteroatoms. The molecule has 2 rings (SSSR count). The zero-order chi connectivity index (χ0) is 9.10. The molecule has 1 aromatic rings. The van der Waals surface area contributed by atoms with E-state index in [9.17, 15) is 4.79 Å². The minimum absolute atomic E-state index is 0.200. The fraction of sp³-hybridized carbons (Fsp3) is 0.143. The number of aliphatic imine (C=N–C) groups is 1. The Bertz CT molecular complexity index is 336. The SMILES string of the molecule is O=C1C=NC(Nc2cncnc2)N1. The third-order valence-electron chi connectivity index (χ3n) is 1.48. The molecule has 0 radical (unpaired) electrons. The second-order valence-corrected chi connectivity index (χ2v) is 2.46. The van der Waals surface area contributed by atoms with Crippen LogP contribution in [0.25, 0.3) is 0 Å². The van der Waals surface area contributed by atoms with E-state index >= 15 is 0 Å². The maximum Gasteiger partial charge on any atom is 0.265 e. The molecular formula is C7H7N5O. The highest BCUT2D eigenvalue weighted by molar-refractivity contribution is 6.27. The van der Waals surface area contributed by atoms with Crippen LogP contribution < -0.4 is 10.6 Å². The molecule has 0 saturated heterocycles. The van der Waals surface area contributed by atoms with E-state index in [4.69, 9.17) is 0 Å². The Kier molecular flexibility index (Phi) is 1.87. The molecule has 1 aliphatic rings. The standard InChI is InChI=1S/C7H7N5O/c13-6-3-10-7(12-6)11-5-1-8-4-9-2-5/h1-4,7,11H,(H,12,13). The van der Waals surface area contributed by atoms with Crippen LogP contribution in [0, 0.1) is 0 Å². The van der Waals surface area contributed by atoms with Crippen LogP contribution >= 0.6 is 0 Å². The van der Waals surface area contributed by atoms with Gasteiger partial charge < -0.3 is 10.6 Å². The van der Waals surface area contributed by atoms with Crippen molar-refractivity contribution >= 4 is 17.8 Å². The summed E-state index contributed by atoms with van der Waals surface area (Å²) in [5.41, 5.74) is 0.715. The summed E-state index contributed by atoms with van der Waals surface area (Å²) in [6.07, 6.45) is 5.47. The van der Waals surface area contributed by atoms with Gasteiger partial charge in [0, 0.05) is 0 Å². The molecule has 0 saturated carbocycles. The molecule has 0 aromatic carbocycles. The average molecular weight is 177 g/mol. The quantitative estimate of drug-likeness (QED) is 0.630. The molecule has 2 N–H and O–H groups in total. The van der Waals surface area contributed by atoms with Gasteiger partial charge in [-0.15, -0.1) is 0 Å². The van der Waals surface area contributed by atoms with Gasteiger partial charge in [-0.2, -0.15) is 0 Å². The summed E-state index contributed by atoms with van der Waals surface area (Å²) in [5, 5.41) is 5.49. The van der Waals surface area contributed by atoms with E-state index in [0.717, 1.165) is 0 Å². The zero-order valence-electron chi connectivity index (χ0n) is 6.64. The van der Waals surface area contributed by atoms with Crippen molar-refractivity contribution < 1.29 is 4.79 Å². The van der Waals surface area contributed by atoms with Crippen molar-refractivity contribution in [3.63, 3.8) is 0 Å². The Morgan fingerprint density at radius 2 is 2.15 bits per heavy atom. The molecule has 1 aromatic heterocycles. The number of hydrogen-bond donors (Lipinski definition) is 2. The number of hydrogen-bond acceptors (Lipinski definition) is 5. The van der Waals surface area contributed by atoms with E-state index in [-0.39, 0.29) is 5.91 Å². The van der Waals surface area contributed by atoms with Gasteiger partial charge in [0.1, 0.15) is 6.33 Å². The van der Waals surface area contributed by atoms with Crippen LogP contribution in [-0.2, 0) is 4.79 Å². The van der Waals surface area contributed by atoms with Crippen LogP contribution in [-0.4, -0.2) is 28.4 Å². The molecule has 0 spiro atoms. The van der Waals surface area contributed by atoms with E-state index in [0.29, 0.717) is 5.69 Å². The molecule has 1 unspecified atom stereocenters. The van der Waals surface area contributed by atoms with Gasteiger partial charge in [0.25, 0.3) is 5.91 Å². The smallest absolute Gasteiger partial charge is 0.265 e. The van der Waals surface area contributed by atoms with Gasteiger partial charge in [-0.1, -0.05) is 0 Å². The monoisotopic (exact) mass is 177 g/mol. The Morgan fingerprint density at radius 1 is 1.38 bits per heavy atom. The van der Waals surface area contributed by atoms with Gasteiger partial charge >= 0.3 is 0 Å². The second-order valence-electron chi connectivity index (χ2n) is 2.46. The minimum Gasteiger partial charge on any atom is -0.344 e. The van der Waals surface area contributed by atoms with Gasteiger partial charge in [0.05, 0.1) is 24.3 Å². The van der Waals surface area contributed by atoms with E-state index in [1.54, 1.807) is 12.4 Å². The van der Waals surface area contributed by atoms with Crippen molar-refractivity contribution in [3.05, 3.63) is 18.7 Å². The van der Waals surface area contributed by atoms with E-state index in [2.05, 4.69) is 25.6 Å². The summed E-state index contributed by atoms with van der Waals surface area (Å²) in [4.78, 5) is 22.2. The molecule has 0 aliphatic carbocycles. The van der Waals surface area contributed by atoms with Crippen LogP contribution in [0.2, 0.25) is 0 Å². The molecule has 0 fully saturated rings. The van der Waals surface area contributed by atoms with Gasteiger partial charge in [0.15, 0.2) is 6.29 Å². The van der Waals surface area contributed by atoms with Gasteiger partial charge in [-0.05, 0) is 0 Å². The lowest BCUT2D eigenvalue weighted by molar-refractivity contribution is -0.114. The molecule has 1 atom stereocenters. The first kappa shape index (κ1) is 7.66. The van der Waals surface area contributed by atoms with Crippen LogP contribution in [0.1, 0.15) is 0 Å². The average Bonchev–Trinajstić information content (AvgIpc) is 2.53. The van der Waals surface area contributed by atoms with E-state index < -0.39 is 6.29 Å². The van der Waals surface area contributed by atoms with Crippen molar-refractivity contribution in [1.82, 2.24) is 15.3 Å². The lowest BCUT2D eigenvalue weighted by atomic mass is 10.5. The Morgan fingerprint density at radius 3 is 2.77 bits per heavy atom. The highest BCUT2D eigenvalue weighted by Gasteiger charge is 2.14. The Labute approximate surface area is 74.1 Å². The summed E-state index contributed by atoms with van der Waals surface area (Å²) < 4.78 is 0. The fourth-order valence-corrected chi connectivity index (χ4v) is 0.956. The lowest BCUT2D eigenvalue weighted by Crippen LogP contribution is -2.33. The number of anilines is 1. The molecule has 66 valence electrons. The van der Waals surface area contributed by atoms with Crippen molar-refractivity contribution in [3.8, 4) is 0 Å².